The molecule has 10 rings (SSSR count). The summed E-state index contributed by atoms with van der Waals surface area (Å²) >= 11 is 0. The summed E-state index contributed by atoms with van der Waals surface area (Å²) in [6, 6.07) is 3.85. The Morgan fingerprint density at radius 3 is 1.56 bits per heavy atom. The average Bonchev–Trinajstić information content (AvgIpc) is 4.00. The smallest absolute Gasteiger partial charge is 0.407 e. The number of aromatic amines is 2. The molecular weight excluding hydrogens is 937 g/mol. The Labute approximate surface area is 414 Å². The normalized spacial score (nSPS) is 22.7. The molecule has 4 saturated heterocycles. The number of aromatic nitrogens is 4. The van der Waals surface area contributed by atoms with Gasteiger partial charge in [0.05, 0.1) is 53.3 Å². The van der Waals surface area contributed by atoms with Crippen LogP contribution < -0.4 is 20.4 Å². The second-order valence-corrected chi connectivity index (χ2v) is 21.2. The monoisotopic (exact) mass is 998 g/mol. The molecule has 5 aromatic rings. The van der Waals surface area contributed by atoms with Gasteiger partial charge in [-0.3, -0.25) is 9.59 Å². The summed E-state index contributed by atoms with van der Waals surface area (Å²) in [7, 11) is 1.23. The number of rotatable bonds is 12. The maximum Gasteiger partial charge on any atom is 0.407 e. The molecule has 6 heterocycles. The quantitative estimate of drug-likeness (QED) is 0.0753. The molecule has 72 heavy (non-hydrogen) atoms. The lowest BCUT2D eigenvalue weighted by Gasteiger charge is -2.36. The van der Waals surface area contributed by atoms with Crippen molar-refractivity contribution in [1.29, 1.82) is 0 Å². The van der Waals surface area contributed by atoms with Crippen molar-refractivity contribution in [3.8, 4) is 0 Å². The summed E-state index contributed by atoms with van der Waals surface area (Å²) in [5.41, 5.74) is 2.19. The number of methoxy groups -OCH3 is 1. The van der Waals surface area contributed by atoms with Crippen LogP contribution in [-0.2, 0) is 14.3 Å². The molecular formula is C52H62F4N10O6. The highest BCUT2D eigenvalue weighted by atomic mass is 19.1. The Morgan fingerprint density at radius 1 is 0.653 bits per heavy atom. The van der Waals surface area contributed by atoms with E-state index in [2.05, 4.69) is 20.6 Å². The van der Waals surface area contributed by atoms with Crippen molar-refractivity contribution in [3.63, 3.8) is 0 Å². The number of benzene rings is 3. The van der Waals surface area contributed by atoms with Crippen LogP contribution in [-0.4, -0.2) is 104 Å². The first kappa shape index (κ1) is 49.0. The molecule has 16 nitrogen and oxygen atoms in total. The number of nitrogens with zero attached hydrogens (tertiary/aromatic N) is 6. The number of imidazole rings is 2. The van der Waals surface area contributed by atoms with E-state index in [1.54, 1.807) is 45.6 Å². The van der Waals surface area contributed by atoms with Crippen molar-refractivity contribution in [2.75, 3.05) is 43.1 Å². The highest BCUT2D eigenvalue weighted by Gasteiger charge is 2.46. The number of amides is 4. The number of hydrogen-bond acceptors (Lipinski definition) is 9. The molecule has 0 radical (unpaired) electrons. The van der Waals surface area contributed by atoms with Gasteiger partial charge >= 0.3 is 12.2 Å². The molecule has 2 aromatic heterocycles. The number of nitrogens with one attached hydrogen (secondary N) is 4. The summed E-state index contributed by atoms with van der Waals surface area (Å²) in [6.07, 6.45) is 4.90. The number of alkyl carbamates (subject to hydrolysis) is 1. The number of carbonyl (C=O) groups excluding carboxylic acids is 3. The van der Waals surface area contributed by atoms with Crippen molar-refractivity contribution in [3.05, 3.63) is 82.4 Å². The number of hydrogen-bond donors (Lipinski definition) is 5. The lowest BCUT2D eigenvalue weighted by molar-refractivity contribution is -0.136. The number of carboxylic acid groups (broad SMARTS) is 1. The van der Waals surface area contributed by atoms with Crippen LogP contribution in [0.5, 0.6) is 0 Å². The van der Waals surface area contributed by atoms with Crippen LogP contribution in [0.4, 0.5) is 38.5 Å². The Hall–Kier alpha value is -6.60. The third-order valence-corrected chi connectivity index (χ3v) is 16.0. The maximum absolute atomic E-state index is 16.8. The first-order valence-electron chi connectivity index (χ1n) is 25.3. The zero-order chi connectivity index (χ0) is 50.9. The molecule has 0 bridgehead atoms. The molecule has 20 heteroatoms. The minimum atomic E-state index is -1.31. The highest BCUT2D eigenvalue weighted by Crippen LogP contribution is 2.55. The second kappa shape index (κ2) is 19.1. The Balaban J connectivity index is 1.000. The molecule has 0 unspecified atom stereocenters. The molecule has 4 aliphatic heterocycles. The Kier molecular flexibility index (Phi) is 13.0. The molecule has 5 N–H and O–H groups in total. The van der Waals surface area contributed by atoms with Gasteiger partial charge in [-0.15, -0.1) is 0 Å². The van der Waals surface area contributed by atoms with Crippen LogP contribution in [0.2, 0.25) is 0 Å². The predicted octanol–water partition coefficient (Wildman–Crippen LogP) is 9.46. The van der Waals surface area contributed by atoms with E-state index >= 15 is 17.6 Å². The molecule has 1 aliphatic carbocycles. The van der Waals surface area contributed by atoms with Crippen LogP contribution >= 0.6 is 0 Å². The van der Waals surface area contributed by atoms with E-state index in [1.807, 2.05) is 13.8 Å². The van der Waals surface area contributed by atoms with Crippen molar-refractivity contribution in [1.82, 2.24) is 40.4 Å². The summed E-state index contributed by atoms with van der Waals surface area (Å²) in [5, 5.41) is 14.5. The van der Waals surface area contributed by atoms with Gasteiger partial charge in [0.25, 0.3) is 0 Å². The summed E-state index contributed by atoms with van der Waals surface area (Å²) < 4.78 is 71.7. The van der Waals surface area contributed by atoms with Gasteiger partial charge in [0.15, 0.2) is 11.6 Å². The second-order valence-electron chi connectivity index (χ2n) is 21.2. The van der Waals surface area contributed by atoms with E-state index in [0.717, 1.165) is 25.7 Å². The fourth-order valence-corrected chi connectivity index (χ4v) is 12.0. The largest absolute Gasteiger partial charge is 0.465 e. The van der Waals surface area contributed by atoms with E-state index in [4.69, 9.17) is 14.7 Å². The van der Waals surface area contributed by atoms with Gasteiger partial charge in [0.1, 0.15) is 41.1 Å². The average molecular weight is 999 g/mol. The van der Waals surface area contributed by atoms with Gasteiger partial charge in [0.2, 0.25) is 11.8 Å². The maximum atomic E-state index is 16.8. The third kappa shape index (κ3) is 9.02. The number of anilines is 2. The van der Waals surface area contributed by atoms with Crippen LogP contribution in [0.3, 0.4) is 0 Å². The Morgan fingerprint density at radius 2 is 1.12 bits per heavy atom. The number of H-pyrrole nitrogens is 2. The summed E-state index contributed by atoms with van der Waals surface area (Å²) in [4.78, 5) is 74.3. The lowest BCUT2D eigenvalue weighted by Crippen LogP contribution is -2.51. The van der Waals surface area contributed by atoms with Gasteiger partial charge < -0.3 is 50.0 Å². The van der Waals surface area contributed by atoms with Crippen LogP contribution in [0.1, 0.15) is 139 Å². The molecule has 6 atom stereocenters. The first-order valence-corrected chi connectivity index (χ1v) is 25.3. The van der Waals surface area contributed by atoms with Crippen LogP contribution in [0, 0.1) is 40.5 Å². The van der Waals surface area contributed by atoms with Crippen molar-refractivity contribution < 1.29 is 46.6 Å². The first-order chi connectivity index (χ1) is 34.4. The zero-order valence-corrected chi connectivity index (χ0v) is 41.2. The van der Waals surface area contributed by atoms with E-state index in [0.29, 0.717) is 85.6 Å². The topological polar surface area (TPSA) is 192 Å². The van der Waals surface area contributed by atoms with E-state index < -0.39 is 71.7 Å². The minimum absolute atomic E-state index is 0.113. The number of ether oxygens (including phenoxy) is 1. The van der Waals surface area contributed by atoms with Gasteiger partial charge in [-0.25, -0.2) is 37.1 Å². The fourth-order valence-electron chi connectivity index (χ4n) is 12.0. The lowest BCUT2D eigenvalue weighted by atomic mass is 9.93. The van der Waals surface area contributed by atoms with Gasteiger partial charge in [-0.2, -0.15) is 0 Å². The van der Waals surface area contributed by atoms with Crippen molar-refractivity contribution >= 4 is 57.4 Å². The van der Waals surface area contributed by atoms with E-state index in [9.17, 15) is 24.3 Å². The highest BCUT2D eigenvalue weighted by molar-refractivity contribution is 5.87. The molecule has 1 spiro atoms. The van der Waals surface area contributed by atoms with Gasteiger partial charge in [-0.05, 0) is 106 Å². The minimum Gasteiger partial charge on any atom is -0.465 e. The number of likely N-dealkylation sites (tertiary alicyclic amines) is 2. The standard InChI is InChI=1S/C52H62F4N10O6/c1-26(2)43(61-50(69)70)48(67)64-16-6-8-41(64)46-57-35-22-29(31(53)24-37(35)59-46)39-10-11-40(66(39)28-20-33(55)45(34(56)21-28)63-18-14-52(12-13-52)15-19-63)30-23-36-38(25-32(30)54)60-47(58-36)42-9-7-17-65(42)49(68)44(27(3)4)62-51(71)72-5/h20-27,39-44,61H,6-19H2,1-5H3,(H,57,59)(H,58,60)(H,62,71)(H,69,70)/t39-,40-,41+,42+,43+,44+/m1/s1. The van der Waals surface area contributed by atoms with Crippen LogP contribution in [0.25, 0.3) is 22.1 Å². The Bertz CT molecular complexity index is 2910. The molecule has 384 valence electrons. The van der Waals surface area contributed by atoms with Gasteiger partial charge in [-0.1, -0.05) is 27.7 Å². The molecule has 4 amide bonds. The number of piperidine rings is 1. The number of fused-ring (bicyclic) bond motifs is 2. The molecule has 5 aliphatic rings. The summed E-state index contributed by atoms with van der Waals surface area (Å²) in [5.74, 6) is -3.20. The van der Waals surface area contributed by atoms with Gasteiger partial charge in [0, 0.05) is 55.1 Å². The zero-order valence-electron chi connectivity index (χ0n) is 41.2. The van der Waals surface area contributed by atoms with E-state index in [1.165, 1.54) is 31.4 Å². The van der Waals surface area contributed by atoms with E-state index in [-0.39, 0.29) is 64.4 Å². The fraction of sp³-hybridized carbons (Fsp3) is 0.538. The van der Waals surface area contributed by atoms with Crippen LogP contribution in [0.15, 0.2) is 36.4 Å². The number of carbonyl (C=O) groups is 4. The third-order valence-electron chi connectivity index (χ3n) is 16.0. The van der Waals surface area contributed by atoms with Crippen molar-refractivity contribution in [2.24, 2.45) is 17.3 Å². The molecule has 5 fully saturated rings. The molecule has 3 aromatic carbocycles. The SMILES string of the molecule is COC(=O)N[C@H](C(=O)N1CCC[C@H]1c1nc2cc(F)c([C@H]3CC[C@H](c4cc5[nH]c([C@@H]6CCCN6C(=O)[C@@H](NC(=O)O)C(C)C)nc5cc4F)N3c3cc(F)c(N4CCC5(CC4)CC5)c(F)c3)cc2[nH]1)C(C)C. The number of halogens is 4. The van der Waals surface area contributed by atoms with Crippen molar-refractivity contribution in [2.45, 2.75) is 128 Å². The molecule has 1 saturated carbocycles. The summed E-state index contributed by atoms with van der Waals surface area (Å²) in [6.45, 7) is 9.01. The predicted molar refractivity (Wildman–Crippen MR) is 260 cm³/mol.